The highest BCUT2D eigenvalue weighted by molar-refractivity contribution is 8.02. The lowest BCUT2D eigenvalue weighted by molar-refractivity contribution is -0.133. The van der Waals surface area contributed by atoms with Gasteiger partial charge in [0.1, 0.15) is 0 Å². The summed E-state index contributed by atoms with van der Waals surface area (Å²) in [5, 5.41) is 0.809. The number of rotatable bonds is 4. The van der Waals surface area contributed by atoms with Gasteiger partial charge in [0.15, 0.2) is 11.7 Å². The van der Waals surface area contributed by atoms with Gasteiger partial charge in [-0.1, -0.05) is 25.3 Å². The summed E-state index contributed by atoms with van der Waals surface area (Å²) in [5.41, 5.74) is 0.778. The Balaban J connectivity index is 2.81. The van der Waals surface area contributed by atoms with E-state index in [1.165, 1.54) is 0 Å². The summed E-state index contributed by atoms with van der Waals surface area (Å²) in [6.45, 7) is 5.93. The number of amides is 1. The molecule has 0 N–H and O–H groups in total. The average Bonchev–Trinajstić information content (AvgIpc) is 2.20. The molecule has 1 heterocycles. The fraction of sp³-hybridized carbons (Fsp3) is 0.500. The van der Waals surface area contributed by atoms with E-state index in [0.717, 1.165) is 23.0 Å². The summed E-state index contributed by atoms with van der Waals surface area (Å²) in [5.74, 6) is 0.968. The molecule has 0 saturated heterocycles. The lowest BCUT2D eigenvalue weighted by Crippen LogP contribution is -2.33. The minimum absolute atomic E-state index is 0.0271. The number of carbonyl (C=O) groups excluding carboxylic acids is 1. The molecule has 0 fully saturated rings. The summed E-state index contributed by atoms with van der Waals surface area (Å²) in [6, 6.07) is 0. The van der Waals surface area contributed by atoms with Crippen LogP contribution >= 0.6 is 11.8 Å². The molecule has 0 aromatic heterocycles. The molecule has 0 aromatic carbocycles. The Bertz CT molecular complexity index is 273. The van der Waals surface area contributed by atoms with Gasteiger partial charge in [-0.2, -0.15) is 0 Å². The molecule has 0 atom stereocenters. The molecule has 1 amide bonds. The van der Waals surface area contributed by atoms with E-state index in [0.29, 0.717) is 0 Å². The maximum Gasteiger partial charge on any atom is 0.264 e. The molecule has 1 aliphatic heterocycles. The highest BCUT2D eigenvalue weighted by atomic mass is 32.2. The van der Waals surface area contributed by atoms with Crippen LogP contribution in [-0.4, -0.2) is 30.2 Å². The molecule has 3 nitrogen and oxygen atoms in total. The zero-order chi connectivity index (χ0) is 10.6. The predicted octanol–water partition coefficient (Wildman–Crippen LogP) is 1.97. The second-order valence-electron chi connectivity index (χ2n) is 2.97. The van der Waals surface area contributed by atoms with Gasteiger partial charge in [0.2, 0.25) is 0 Å². The van der Waals surface area contributed by atoms with Crippen LogP contribution in [0.3, 0.4) is 0 Å². The normalized spacial score (nSPS) is 17.0. The van der Waals surface area contributed by atoms with Crippen molar-refractivity contribution < 1.29 is 9.53 Å². The Morgan fingerprint density at radius 1 is 1.71 bits per heavy atom. The molecule has 0 saturated carbocycles. The minimum atomic E-state index is -0.0271. The quantitative estimate of drug-likeness (QED) is 0.715. The predicted molar refractivity (Wildman–Crippen MR) is 58.7 cm³/mol. The molecule has 0 bridgehead atoms. The van der Waals surface area contributed by atoms with Crippen LogP contribution in [0.4, 0.5) is 0 Å². The number of nitrogens with zero attached hydrogens (tertiary/aromatic N) is 1. The van der Waals surface area contributed by atoms with Gasteiger partial charge in [0.05, 0.1) is 5.70 Å². The Morgan fingerprint density at radius 2 is 2.43 bits per heavy atom. The molecule has 1 rings (SSSR count). The number of hydrogen-bond donors (Lipinski definition) is 0. The van der Waals surface area contributed by atoms with Crippen LogP contribution in [0.2, 0.25) is 0 Å². The lowest BCUT2D eigenvalue weighted by Gasteiger charge is -2.26. The van der Waals surface area contributed by atoms with Gasteiger partial charge < -0.3 is 9.64 Å². The summed E-state index contributed by atoms with van der Waals surface area (Å²) < 4.78 is 5.35. The molecule has 0 aromatic rings. The van der Waals surface area contributed by atoms with Crippen LogP contribution in [0.5, 0.6) is 0 Å². The number of carbonyl (C=O) groups is 1. The summed E-state index contributed by atoms with van der Waals surface area (Å²) in [7, 11) is 1.74. The number of allylic oxidation sites excluding steroid dienone is 1. The van der Waals surface area contributed by atoms with Gasteiger partial charge in [-0.25, -0.2) is 0 Å². The van der Waals surface area contributed by atoms with Gasteiger partial charge in [-0.15, -0.1) is 0 Å². The van der Waals surface area contributed by atoms with Gasteiger partial charge in [-0.05, 0) is 12.5 Å². The zero-order valence-corrected chi connectivity index (χ0v) is 9.39. The lowest BCUT2D eigenvalue weighted by atomic mass is 10.3. The standard InChI is InChI=1S/C10H15NO2S/c1-4-6-14-10-8(5-2)11(3)9(12)7-13-10/h5H,2,4,6-7H2,1,3H3. The highest BCUT2D eigenvalue weighted by Crippen LogP contribution is 2.27. The molecule has 78 valence electrons. The third kappa shape index (κ3) is 2.32. The van der Waals surface area contributed by atoms with E-state index >= 15 is 0 Å². The number of ether oxygens (including phenoxy) is 1. The molecule has 14 heavy (non-hydrogen) atoms. The Hall–Kier alpha value is -0.900. The van der Waals surface area contributed by atoms with Crippen molar-refractivity contribution in [3.05, 3.63) is 23.4 Å². The fourth-order valence-corrected chi connectivity index (χ4v) is 2.00. The van der Waals surface area contributed by atoms with Gasteiger partial charge in [-0.3, -0.25) is 4.79 Å². The van der Waals surface area contributed by atoms with Crippen molar-refractivity contribution in [2.75, 3.05) is 19.4 Å². The van der Waals surface area contributed by atoms with Crippen LogP contribution in [0.1, 0.15) is 13.3 Å². The molecular formula is C10H15NO2S. The minimum Gasteiger partial charge on any atom is -0.475 e. The topological polar surface area (TPSA) is 29.5 Å². The van der Waals surface area contributed by atoms with E-state index in [9.17, 15) is 4.79 Å². The number of likely N-dealkylation sites (N-methyl/N-ethyl adjacent to an activating group) is 1. The van der Waals surface area contributed by atoms with Crippen molar-refractivity contribution >= 4 is 17.7 Å². The van der Waals surface area contributed by atoms with Crippen LogP contribution in [-0.2, 0) is 9.53 Å². The summed E-state index contributed by atoms with van der Waals surface area (Å²) >= 11 is 1.63. The van der Waals surface area contributed by atoms with Crippen molar-refractivity contribution in [3.63, 3.8) is 0 Å². The number of thioether (sulfide) groups is 1. The third-order valence-electron chi connectivity index (χ3n) is 1.90. The second kappa shape index (κ2) is 5.10. The Kier molecular flexibility index (Phi) is 4.07. The Morgan fingerprint density at radius 3 is 3.00 bits per heavy atom. The maximum absolute atomic E-state index is 11.3. The van der Waals surface area contributed by atoms with Crippen LogP contribution < -0.4 is 0 Å². The van der Waals surface area contributed by atoms with Crippen molar-refractivity contribution in [1.29, 1.82) is 0 Å². The van der Waals surface area contributed by atoms with E-state index in [-0.39, 0.29) is 12.5 Å². The van der Waals surface area contributed by atoms with E-state index in [2.05, 4.69) is 13.5 Å². The molecule has 0 radical (unpaired) electrons. The van der Waals surface area contributed by atoms with Crippen LogP contribution in [0, 0.1) is 0 Å². The smallest absolute Gasteiger partial charge is 0.264 e. The van der Waals surface area contributed by atoms with Gasteiger partial charge in [0.25, 0.3) is 5.91 Å². The van der Waals surface area contributed by atoms with E-state index < -0.39 is 0 Å². The average molecular weight is 213 g/mol. The molecular weight excluding hydrogens is 198 g/mol. The first-order chi connectivity index (χ1) is 6.70. The first kappa shape index (κ1) is 11.2. The molecule has 4 heteroatoms. The first-order valence-corrected chi connectivity index (χ1v) is 5.58. The van der Waals surface area contributed by atoms with Crippen molar-refractivity contribution in [2.24, 2.45) is 0 Å². The zero-order valence-electron chi connectivity index (χ0n) is 8.58. The summed E-state index contributed by atoms with van der Waals surface area (Å²) in [4.78, 5) is 12.9. The van der Waals surface area contributed by atoms with Crippen LogP contribution in [0.25, 0.3) is 0 Å². The van der Waals surface area contributed by atoms with Crippen LogP contribution in [0.15, 0.2) is 23.4 Å². The highest BCUT2D eigenvalue weighted by Gasteiger charge is 2.22. The van der Waals surface area contributed by atoms with Gasteiger partial charge >= 0.3 is 0 Å². The van der Waals surface area contributed by atoms with E-state index in [1.807, 2.05) is 0 Å². The van der Waals surface area contributed by atoms with E-state index in [4.69, 9.17) is 4.74 Å². The van der Waals surface area contributed by atoms with Crippen molar-refractivity contribution in [3.8, 4) is 0 Å². The van der Waals surface area contributed by atoms with Crippen molar-refractivity contribution in [1.82, 2.24) is 4.90 Å². The van der Waals surface area contributed by atoms with Crippen molar-refractivity contribution in [2.45, 2.75) is 13.3 Å². The summed E-state index contributed by atoms with van der Waals surface area (Å²) in [6.07, 6.45) is 2.74. The number of hydrogen-bond acceptors (Lipinski definition) is 3. The van der Waals surface area contributed by atoms with E-state index in [1.54, 1.807) is 29.8 Å². The fourth-order valence-electron chi connectivity index (χ4n) is 1.10. The Labute approximate surface area is 88.8 Å². The van der Waals surface area contributed by atoms with Gasteiger partial charge in [0, 0.05) is 12.8 Å². The SMILES string of the molecule is C=CC1=C(SCCC)OCC(=O)N1C. The second-order valence-corrected chi connectivity index (χ2v) is 4.03. The molecule has 1 aliphatic rings. The maximum atomic E-state index is 11.3. The molecule has 0 spiro atoms. The monoisotopic (exact) mass is 213 g/mol. The largest absolute Gasteiger partial charge is 0.475 e. The molecule has 0 unspecified atom stereocenters. The molecule has 0 aliphatic carbocycles. The first-order valence-electron chi connectivity index (χ1n) is 4.59. The third-order valence-corrected chi connectivity index (χ3v) is 3.10.